The van der Waals surface area contributed by atoms with Crippen LogP contribution in [0.2, 0.25) is 0 Å². The zero-order chi connectivity index (χ0) is 17.3. The molecule has 7 heteroatoms. The van der Waals surface area contributed by atoms with E-state index in [0.717, 1.165) is 57.1 Å². The third-order valence-corrected chi connectivity index (χ3v) is 4.29. The van der Waals surface area contributed by atoms with Crippen molar-refractivity contribution in [2.24, 2.45) is 16.6 Å². The molecule has 1 saturated heterocycles. The number of aliphatic imine (C=N–C) groups is 1. The number of hydrogen-bond acceptors (Lipinski definition) is 5. The Morgan fingerprint density at radius 3 is 2.84 bits per heavy atom. The molecule has 3 N–H and O–H groups in total. The highest BCUT2D eigenvalue weighted by Crippen LogP contribution is 2.20. The fourth-order valence-corrected chi connectivity index (χ4v) is 3.00. The first-order valence-electron chi connectivity index (χ1n) is 8.77. The summed E-state index contributed by atoms with van der Waals surface area (Å²) < 4.78 is 0. The first-order chi connectivity index (χ1) is 12.3. The van der Waals surface area contributed by atoms with Gasteiger partial charge in [-0.3, -0.25) is 9.98 Å². The predicted molar refractivity (Wildman–Crippen MR) is 99.4 cm³/mol. The van der Waals surface area contributed by atoms with Crippen LogP contribution in [-0.2, 0) is 6.42 Å². The number of nitrogens with zero attached hydrogens (tertiary/aromatic N) is 5. The molecule has 3 rings (SSSR count). The highest BCUT2D eigenvalue weighted by Gasteiger charge is 2.21. The lowest BCUT2D eigenvalue weighted by Crippen LogP contribution is -2.39. The summed E-state index contributed by atoms with van der Waals surface area (Å²) in [5.74, 6) is 1.79. The van der Waals surface area contributed by atoms with Gasteiger partial charge in [-0.05, 0) is 37.0 Å². The van der Waals surface area contributed by atoms with Crippen LogP contribution in [-0.4, -0.2) is 47.1 Å². The molecule has 2 aromatic rings. The van der Waals surface area contributed by atoms with E-state index in [2.05, 4.69) is 30.2 Å². The van der Waals surface area contributed by atoms with Crippen molar-refractivity contribution in [1.29, 1.82) is 0 Å². The minimum Gasteiger partial charge on any atom is -0.370 e. The molecule has 1 aliphatic heterocycles. The smallest absolute Gasteiger partial charge is 0.225 e. The third-order valence-electron chi connectivity index (χ3n) is 4.29. The van der Waals surface area contributed by atoms with Gasteiger partial charge in [-0.15, -0.1) is 0 Å². The van der Waals surface area contributed by atoms with Crippen LogP contribution in [0.25, 0.3) is 0 Å². The standard InChI is InChI=1S/C18H25N7/c19-17(21-11-7-16-6-1-2-8-20-16)24-13-15-5-3-12-25(14-15)18-22-9-4-10-23-18/h1-2,4,6,8-10,15H,3,5,7,11-14H2,(H3,19,21,24). The number of piperidine rings is 1. The fraction of sp³-hybridized carbons (Fsp3) is 0.444. The van der Waals surface area contributed by atoms with Gasteiger partial charge >= 0.3 is 0 Å². The molecule has 7 nitrogen and oxygen atoms in total. The molecule has 0 aromatic carbocycles. The predicted octanol–water partition coefficient (Wildman–Crippen LogP) is 1.23. The SMILES string of the molecule is NC(=NCC1CCCN(c2ncccn2)C1)NCCc1ccccn1. The normalized spacial score (nSPS) is 18.2. The Morgan fingerprint density at radius 2 is 2.04 bits per heavy atom. The molecule has 1 aliphatic rings. The lowest BCUT2D eigenvalue weighted by Gasteiger charge is -2.31. The maximum atomic E-state index is 5.98. The van der Waals surface area contributed by atoms with Crippen LogP contribution in [0.1, 0.15) is 18.5 Å². The van der Waals surface area contributed by atoms with Crippen LogP contribution >= 0.6 is 0 Å². The quantitative estimate of drug-likeness (QED) is 0.607. The van der Waals surface area contributed by atoms with Crippen molar-refractivity contribution in [2.45, 2.75) is 19.3 Å². The van der Waals surface area contributed by atoms with Gasteiger partial charge in [0.25, 0.3) is 0 Å². The summed E-state index contributed by atoms with van der Waals surface area (Å²) in [6.07, 6.45) is 8.50. The molecule has 0 bridgehead atoms. The number of anilines is 1. The monoisotopic (exact) mass is 339 g/mol. The summed E-state index contributed by atoms with van der Waals surface area (Å²) in [5.41, 5.74) is 7.03. The van der Waals surface area contributed by atoms with Crippen LogP contribution in [0.4, 0.5) is 5.95 Å². The zero-order valence-electron chi connectivity index (χ0n) is 14.4. The average molecular weight is 339 g/mol. The van der Waals surface area contributed by atoms with Gasteiger partial charge in [-0.1, -0.05) is 6.07 Å². The van der Waals surface area contributed by atoms with E-state index < -0.39 is 0 Å². The van der Waals surface area contributed by atoms with Crippen LogP contribution in [0.3, 0.4) is 0 Å². The maximum Gasteiger partial charge on any atom is 0.225 e. The van der Waals surface area contributed by atoms with E-state index in [0.29, 0.717) is 11.9 Å². The fourth-order valence-electron chi connectivity index (χ4n) is 3.00. The van der Waals surface area contributed by atoms with Crippen LogP contribution in [0.15, 0.2) is 47.8 Å². The molecular weight excluding hydrogens is 314 g/mol. The van der Waals surface area contributed by atoms with Gasteiger partial charge in [0.05, 0.1) is 0 Å². The van der Waals surface area contributed by atoms with Crippen molar-refractivity contribution in [1.82, 2.24) is 20.3 Å². The number of pyridine rings is 1. The summed E-state index contributed by atoms with van der Waals surface area (Å²) >= 11 is 0. The number of nitrogens with two attached hydrogens (primary N) is 1. The molecule has 0 radical (unpaired) electrons. The Hall–Kier alpha value is -2.70. The molecule has 0 saturated carbocycles. The van der Waals surface area contributed by atoms with E-state index in [9.17, 15) is 0 Å². The van der Waals surface area contributed by atoms with Crippen molar-refractivity contribution in [2.75, 3.05) is 31.1 Å². The molecule has 3 heterocycles. The van der Waals surface area contributed by atoms with Gasteiger partial charge < -0.3 is 16.0 Å². The molecule has 0 spiro atoms. The van der Waals surface area contributed by atoms with Gasteiger partial charge in [0.2, 0.25) is 5.95 Å². The number of hydrogen-bond donors (Lipinski definition) is 2. The van der Waals surface area contributed by atoms with E-state index >= 15 is 0 Å². The van der Waals surface area contributed by atoms with Crippen molar-refractivity contribution >= 4 is 11.9 Å². The van der Waals surface area contributed by atoms with Gasteiger partial charge in [-0.2, -0.15) is 0 Å². The molecule has 1 atom stereocenters. The lowest BCUT2D eigenvalue weighted by atomic mass is 9.98. The Balaban J connectivity index is 1.43. The summed E-state index contributed by atoms with van der Waals surface area (Å²) in [4.78, 5) is 19.7. The highest BCUT2D eigenvalue weighted by molar-refractivity contribution is 5.77. The molecule has 2 aromatic heterocycles. The van der Waals surface area contributed by atoms with Gasteiger partial charge in [0.15, 0.2) is 5.96 Å². The Kier molecular flexibility index (Phi) is 6.14. The summed E-state index contributed by atoms with van der Waals surface area (Å²) in [5, 5.41) is 3.16. The third kappa shape index (κ3) is 5.41. The zero-order valence-corrected chi connectivity index (χ0v) is 14.4. The molecule has 25 heavy (non-hydrogen) atoms. The topological polar surface area (TPSA) is 92.3 Å². The summed E-state index contributed by atoms with van der Waals surface area (Å²) in [6, 6.07) is 7.76. The molecular formula is C18H25N7. The van der Waals surface area contributed by atoms with E-state index in [-0.39, 0.29) is 0 Å². The molecule has 0 aliphatic carbocycles. The van der Waals surface area contributed by atoms with Crippen molar-refractivity contribution in [3.63, 3.8) is 0 Å². The van der Waals surface area contributed by atoms with Crippen molar-refractivity contribution in [3.05, 3.63) is 48.5 Å². The Bertz CT molecular complexity index is 660. The molecule has 0 amide bonds. The number of rotatable bonds is 6. The average Bonchev–Trinajstić information content (AvgIpc) is 2.68. The van der Waals surface area contributed by atoms with Gasteiger partial charge in [0, 0.05) is 56.9 Å². The summed E-state index contributed by atoms with van der Waals surface area (Å²) in [6.45, 7) is 3.39. The summed E-state index contributed by atoms with van der Waals surface area (Å²) in [7, 11) is 0. The molecule has 1 unspecified atom stereocenters. The van der Waals surface area contributed by atoms with E-state index in [4.69, 9.17) is 5.73 Å². The van der Waals surface area contributed by atoms with Crippen LogP contribution < -0.4 is 16.0 Å². The van der Waals surface area contributed by atoms with Gasteiger partial charge in [0.1, 0.15) is 0 Å². The molecule has 1 fully saturated rings. The first kappa shape index (κ1) is 17.1. The second-order valence-corrected chi connectivity index (χ2v) is 6.23. The largest absolute Gasteiger partial charge is 0.370 e. The Morgan fingerprint density at radius 1 is 1.20 bits per heavy atom. The second kappa shape index (κ2) is 8.96. The second-order valence-electron chi connectivity index (χ2n) is 6.23. The van der Waals surface area contributed by atoms with E-state index in [1.807, 2.05) is 24.3 Å². The molecule has 132 valence electrons. The van der Waals surface area contributed by atoms with E-state index in [1.54, 1.807) is 18.6 Å². The van der Waals surface area contributed by atoms with Crippen molar-refractivity contribution < 1.29 is 0 Å². The van der Waals surface area contributed by atoms with E-state index in [1.165, 1.54) is 0 Å². The number of nitrogens with one attached hydrogen (secondary N) is 1. The van der Waals surface area contributed by atoms with Crippen LogP contribution in [0, 0.1) is 5.92 Å². The minimum absolute atomic E-state index is 0.480. The number of aromatic nitrogens is 3. The lowest BCUT2D eigenvalue weighted by molar-refractivity contribution is 0.420. The minimum atomic E-state index is 0.480. The Labute approximate surface area is 148 Å². The van der Waals surface area contributed by atoms with Crippen LogP contribution in [0.5, 0.6) is 0 Å². The first-order valence-corrected chi connectivity index (χ1v) is 8.77. The maximum absolute atomic E-state index is 5.98. The van der Waals surface area contributed by atoms with Crippen molar-refractivity contribution in [3.8, 4) is 0 Å². The highest BCUT2D eigenvalue weighted by atomic mass is 15.3. The van der Waals surface area contributed by atoms with Gasteiger partial charge in [-0.25, -0.2) is 9.97 Å². The number of guanidine groups is 1.